The van der Waals surface area contributed by atoms with Gasteiger partial charge in [-0.3, -0.25) is 0 Å². The predicted molar refractivity (Wildman–Crippen MR) is 80.2 cm³/mol. The number of hydrogen-bond acceptors (Lipinski definition) is 5. The van der Waals surface area contributed by atoms with Gasteiger partial charge in [0.1, 0.15) is 0 Å². The molecule has 1 aromatic rings. The molecule has 0 spiro atoms. The molecule has 5 nitrogen and oxygen atoms in total. The van der Waals surface area contributed by atoms with Crippen molar-refractivity contribution in [3.05, 3.63) is 18.5 Å². The molecule has 2 saturated heterocycles. The molecule has 3 heterocycles. The van der Waals surface area contributed by atoms with Crippen LogP contribution in [0.5, 0.6) is 6.01 Å². The van der Waals surface area contributed by atoms with E-state index in [9.17, 15) is 0 Å². The molecule has 2 aliphatic rings. The van der Waals surface area contributed by atoms with Crippen LogP contribution in [-0.2, 0) is 4.74 Å². The van der Waals surface area contributed by atoms with Gasteiger partial charge in [-0.1, -0.05) is 0 Å². The fourth-order valence-electron chi connectivity index (χ4n) is 3.30. The van der Waals surface area contributed by atoms with Crippen LogP contribution in [0.4, 0.5) is 0 Å². The molecular formula is C16H25N3O2. The van der Waals surface area contributed by atoms with Gasteiger partial charge in [0.25, 0.3) is 0 Å². The summed E-state index contributed by atoms with van der Waals surface area (Å²) in [7, 11) is 0. The predicted octanol–water partition coefficient (Wildman–Crippen LogP) is 1.99. The van der Waals surface area contributed by atoms with Gasteiger partial charge in [-0.15, -0.1) is 0 Å². The number of likely N-dealkylation sites (tertiary alicyclic amines) is 1. The van der Waals surface area contributed by atoms with Crippen molar-refractivity contribution in [1.82, 2.24) is 14.9 Å². The molecule has 1 atom stereocenters. The number of piperidine rings is 1. The minimum Gasteiger partial charge on any atom is -0.463 e. The van der Waals surface area contributed by atoms with Crippen LogP contribution in [0, 0.1) is 11.8 Å². The van der Waals surface area contributed by atoms with E-state index in [0.717, 1.165) is 32.3 Å². The normalized spacial score (nSPS) is 24.9. The Morgan fingerprint density at radius 1 is 1.14 bits per heavy atom. The van der Waals surface area contributed by atoms with Gasteiger partial charge in [-0.05, 0) is 44.2 Å². The van der Waals surface area contributed by atoms with E-state index in [2.05, 4.69) is 14.9 Å². The van der Waals surface area contributed by atoms with E-state index < -0.39 is 0 Å². The minimum atomic E-state index is 0.499. The number of aromatic nitrogens is 2. The lowest BCUT2D eigenvalue weighted by molar-refractivity contribution is 0.0414. The first kappa shape index (κ1) is 14.7. The second-order valence-electron chi connectivity index (χ2n) is 6.17. The molecule has 5 heteroatoms. The number of ether oxygens (including phenoxy) is 2. The summed E-state index contributed by atoms with van der Waals surface area (Å²) in [5, 5.41) is 0. The van der Waals surface area contributed by atoms with Gasteiger partial charge in [0.2, 0.25) is 0 Å². The lowest BCUT2D eigenvalue weighted by Gasteiger charge is -2.35. The molecule has 0 amide bonds. The summed E-state index contributed by atoms with van der Waals surface area (Å²) < 4.78 is 11.2. The van der Waals surface area contributed by atoms with Gasteiger partial charge in [-0.25, -0.2) is 9.97 Å². The summed E-state index contributed by atoms with van der Waals surface area (Å²) in [6.07, 6.45) is 8.40. The topological polar surface area (TPSA) is 47.5 Å². The summed E-state index contributed by atoms with van der Waals surface area (Å²) in [5.41, 5.74) is 0. The van der Waals surface area contributed by atoms with E-state index in [-0.39, 0.29) is 0 Å². The molecule has 0 aliphatic carbocycles. The summed E-state index contributed by atoms with van der Waals surface area (Å²) in [6.45, 7) is 6.21. The fraction of sp³-hybridized carbons (Fsp3) is 0.750. The van der Waals surface area contributed by atoms with E-state index in [1.807, 2.05) is 6.07 Å². The van der Waals surface area contributed by atoms with Crippen molar-refractivity contribution in [3.63, 3.8) is 0 Å². The van der Waals surface area contributed by atoms with Crippen LogP contribution in [0.15, 0.2) is 18.5 Å². The van der Waals surface area contributed by atoms with E-state index >= 15 is 0 Å². The van der Waals surface area contributed by atoms with E-state index in [1.165, 1.54) is 38.8 Å². The summed E-state index contributed by atoms with van der Waals surface area (Å²) in [6, 6.07) is 2.31. The molecule has 0 aromatic carbocycles. The van der Waals surface area contributed by atoms with Crippen molar-refractivity contribution >= 4 is 0 Å². The van der Waals surface area contributed by atoms with Crippen molar-refractivity contribution in [1.29, 1.82) is 0 Å². The van der Waals surface area contributed by atoms with E-state index in [4.69, 9.17) is 9.47 Å². The molecule has 21 heavy (non-hydrogen) atoms. The van der Waals surface area contributed by atoms with Gasteiger partial charge < -0.3 is 14.4 Å². The minimum absolute atomic E-state index is 0.499. The highest BCUT2D eigenvalue weighted by molar-refractivity contribution is 4.93. The molecule has 116 valence electrons. The van der Waals surface area contributed by atoms with Gasteiger partial charge in [-0.2, -0.15) is 0 Å². The maximum atomic E-state index is 5.71. The molecular weight excluding hydrogens is 266 g/mol. The van der Waals surface area contributed by atoms with E-state index in [0.29, 0.717) is 11.9 Å². The maximum absolute atomic E-state index is 5.71. The number of rotatable bonds is 5. The lowest BCUT2D eigenvalue weighted by atomic mass is 9.95. The molecule has 0 saturated carbocycles. The molecule has 1 aromatic heterocycles. The van der Waals surface area contributed by atoms with Crippen LogP contribution < -0.4 is 4.74 Å². The average molecular weight is 291 g/mol. The highest BCUT2D eigenvalue weighted by Gasteiger charge is 2.24. The van der Waals surface area contributed by atoms with Crippen LogP contribution in [0.1, 0.15) is 25.7 Å². The largest absolute Gasteiger partial charge is 0.463 e. The van der Waals surface area contributed by atoms with Gasteiger partial charge in [0.15, 0.2) is 0 Å². The summed E-state index contributed by atoms with van der Waals surface area (Å²) in [4.78, 5) is 10.8. The molecule has 2 fully saturated rings. The Balaban J connectivity index is 1.42. The van der Waals surface area contributed by atoms with Crippen LogP contribution in [0.25, 0.3) is 0 Å². The van der Waals surface area contributed by atoms with E-state index in [1.54, 1.807) is 12.4 Å². The Labute approximate surface area is 126 Å². The molecule has 0 radical (unpaired) electrons. The van der Waals surface area contributed by atoms with Crippen LogP contribution >= 0.6 is 0 Å². The third-order valence-corrected chi connectivity index (χ3v) is 4.45. The summed E-state index contributed by atoms with van der Waals surface area (Å²) in [5.74, 6) is 1.42. The standard InChI is InChI=1S/C16H25N3O2/c1-3-15(13-21-16-17-6-2-7-18-16)12-19(8-1)11-14-4-9-20-10-5-14/h2,6-7,14-15H,1,3-5,8-13H2. The molecule has 2 aliphatic heterocycles. The highest BCUT2D eigenvalue weighted by Crippen LogP contribution is 2.22. The second kappa shape index (κ2) is 7.71. The van der Waals surface area contributed by atoms with Gasteiger partial charge in [0, 0.05) is 44.6 Å². The number of nitrogens with zero attached hydrogens (tertiary/aromatic N) is 3. The van der Waals surface area contributed by atoms with Crippen LogP contribution in [0.3, 0.4) is 0 Å². The Bertz CT molecular complexity index is 409. The molecule has 0 bridgehead atoms. The zero-order valence-electron chi connectivity index (χ0n) is 12.6. The van der Waals surface area contributed by atoms with Crippen LogP contribution in [-0.4, -0.2) is 54.3 Å². The SMILES string of the molecule is c1cnc(OCC2CCCN(CC3CCOCC3)C2)nc1. The molecule has 3 rings (SSSR count). The van der Waals surface area contributed by atoms with Crippen molar-refractivity contribution < 1.29 is 9.47 Å². The second-order valence-corrected chi connectivity index (χ2v) is 6.17. The first-order valence-corrected chi connectivity index (χ1v) is 8.10. The zero-order chi connectivity index (χ0) is 14.3. The van der Waals surface area contributed by atoms with Crippen LogP contribution in [0.2, 0.25) is 0 Å². The molecule has 0 N–H and O–H groups in total. The average Bonchev–Trinajstić information content (AvgIpc) is 2.55. The van der Waals surface area contributed by atoms with Crippen molar-refractivity contribution in [2.45, 2.75) is 25.7 Å². The van der Waals surface area contributed by atoms with Crippen molar-refractivity contribution in [3.8, 4) is 6.01 Å². The maximum Gasteiger partial charge on any atom is 0.316 e. The van der Waals surface area contributed by atoms with Gasteiger partial charge in [0.05, 0.1) is 6.61 Å². The third kappa shape index (κ3) is 4.64. The Morgan fingerprint density at radius 3 is 2.76 bits per heavy atom. The number of hydrogen-bond donors (Lipinski definition) is 0. The first-order valence-electron chi connectivity index (χ1n) is 8.10. The molecule has 1 unspecified atom stereocenters. The zero-order valence-corrected chi connectivity index (χ0v) is 12.6. The summed E-state index contributed by atoms with van der Waals surface area (Å²) >= 11 is 0. The smallest absolute Gasteiger partial charge is 0.316 e. The Morgan fingerprint density at radius 2 is 1.95 bits per heavy atom. The quantitative estimate of drug-likeness (QED) is 0.830. The Hall–Kier alpha value is -1.20. The van der Waals surface area contributed by atoms with Crippen molar-refractivity contribution in [2.24, 2.45) is 11.8 Å². The fourth-order valence-corrected chi connectivity index (χ4v) is 3.30. The third-order valence-electron chi connectivity index (χ3n) is 4.45. The van der Waals surface area contributed by atoms with Gasteiger partial charge >= 0.3 is 6.01 Å². The highest BCUT2D eigenvalue weighted by atomic mass is 16.5. The monoisotopic (exact) mass is 291 g/mol. The Kier molecular flexibility index (Phi) is 5.40. The van der Waals surface area contributed by atoms with Crippen molar-refractivity contribution in [2.75, 3.05) is 39.5 Å². The first-order chi connectivity index (χ1) is 10.4. The lowest BCUT2D eigenvalue weighted by Crippen LogP contribution is -2.41.